The summed E-state index contributed by atoms with van der Waals surface area (Å²) in [6.07, 6.45) is 11.3. The normalized spacial score (nSPS) is 19.6. The average molecular weight is 489 g/mol. The van der Waals surface area contributed by atoms with E-state index in [0.717, 1.165) is 71.2 Å². The molecule has 8 nitrogen and oxygen atoms in total. The maximum Gasteiger partial charge on any atom is 0.221 e. The van der Waals surface area contributed by atoms with E-state index in [4.69, 9.17) is 9.72 Å². The highest BCUT2D eigenvalue weighted by Crippen LogP contribution is 2.43. The van der Waals surface area contributed by atoms with Crippen LogP contribution in [-0.2, 0) is 9.53 Å². The lowest BCUT2D eigenvalue weighted by Crippen LogP contribution is -2.41. The SMILES string of the molecule is CC(=O)Nc1cccc2c(Sc3cnc(N4CCC5(CC4)CO[C@@H](C)C5)n4ccnc34)ccnc12. The minimum atomic E-state index is -0.116. The second kappa shape index (κ2) is 8.80. The van der Waals surface area contributed by atoms with Crippen LogP contribution in [0.4, 0.5) is 11.6 Å². The Hall–Kier alpha value is -3.17. The van der Waals surface area contributed by atoms with Gasteiger partial charge in [0.1, 0.15) is 0 Å². The number of fused-ring (bicyclic) bond motifs is 2. The number of amides is 1. The van der Waals surface area contributed by atoms with Crippen LogP contribution in [0, 0.1) is 5.41 Å². The molecule has 180 valence electrons. The van der Waals surface area contributed by atoms with E-state index in [1.807, 2.05) is 42.9 Å². The molecule has 0 saturated carbocycles. The van der Waals surface area contributed by atoms with Crippen molar-refractivity contribution in [3.63, 3.8) is 0 Å². The van der Waals surface area contributed by atoms with Gasteiger partial charge in [0.2, 0.25) is 11.9 Å². The molecule has 5 heterocycles. The molecule has 0 bridgehead atoms. The quantitative estimate of drug-likeness (QED) is 0.442. The van der Waals surface area contributed by atoms with Gasteiger partial charge in [0.25, 0.3) is 0 Å². The van der Waals surface area contributed by atoms with Crippen LogP contribution in [0.15, 0.2) is 58.8 Å². The Kier molecular flexibility index (Phi) is 5.61. The molecule has 1 amide bonds. The van der Waals surface area contributed by atoms with Gasteiger partial charge in [-0.05, 0) is 43.7 Å². The molecule has 0 unspecified atom stereocenters. The summed E-state index contributed by atoms with van der Waals surface area (Å²) < 4.78 is 7.99. The van der Waals surface area contributed by atoms with Gasteiger partial charge < -0.3 is 15.0 Å². The van der Waals surface area contributed by atoms with Crippen LogP contribution in [-0.4, -0.2) is 51.1 Å². The van der Waals surface area contributed by atoms with Crippen molar-refractivity contribution in [2.24, 2.45) is 5.41 Å². The zero-order chi connectivity index (χ0) is 24.0. The number of aromatic nitrogens is 4. The van der Waals surface area contributed by atoms with Crippen molar-refractivity contribution >= 4 is 45.9 Å². The molecule has 4 aromatic rings. The van der Waals surface area contributed by atoms with E-state index in [9.17, 15) is 4.79 Å². The Morgan fingerprint density at radius 1 is 1.14 bits per heavy atom. The topological polar surface area (TPSA) is 84.7 Å². The standard InChI is InChI=1S/C26H28N6O2S/c1-17-14-26(16-34-17)7-11-31(12-8-26)25-29-15-22(24-28-10-13-32(24)25)35-21-6-9-27-23-19(21)4-3-5-20(23)30-18(2)33/h3-6,9-10,13,15,17H,7-8,11-12,14,16H2,1-2H3,(H,30,33)/t17-/m0/s1. The molecule has 35 heavy (non-hydrogen) atoms. The first-order chi connectivity index (χ1) is 17.0. The maximum absolute atomic E-state index is 11.6. The van der Waals surface area contributed by atoms with Gasteiger partial charge in [-0.15, -0.1) is 0 Å². The summed E-state index contributed by atoms with van der Waals surface area (Å²) in [5.74, 6) is 0.825. The molecule has 3 aromatic heterocycles. The Labute approximate surface area is 208 Å². The summed E-state index contributed by atoms with van der Waals surface area (Å²) in [5.41, 5.74) is 2.70. The molecule has 2 saturated heterocycles. The van der Waals surface area contributed by atoms with Gasteiger partial charge >= 0.3 is 0 Å². The molecule has 2 fully saturated rings. The lowest BCUT2D eigenvalue weighted by atomic mass is 9.77. The zero-order valence-electron chi connectivity index (χ0n) is 19.9. The van der Waals surface area contributed by atoms with Crippen LogP contribution >= 0.6 is 11.8 Å². The summed E-state index contributed by atoms with van der Waals surface area (Å²) in [5, 5.41) is 3.85. The van der Waals surface area contributed by atoms with E-state index in [-0.39, 0.29) is 5.91 Å². The van der Waals surface area contributed by atoms with Crippen LogP contribution in [0.1, 0.15) is 33.1 Å². The number of hydrogen-bond donors (Lipinski definition) is 1. The third kappa shape index (κ3) is 4.12. The number of hydrogen-bond acceptors (Lipinski definition) is 7. The monoisotopic (exact) mass is 488 g/mol. The second-order valence-corrected chi connectivity index (χ2v) is 10.7. The molecule has 2 aliphatic rings. The first kappa shape index (κ1) is 22.3. The number of carbonyl (C=O) groups is 1. The van der Waals surface area contributed by atoms with Gasteiger partial charge in [0.15, 0.2) is 5.65 Å². The van der Waals surface area contributed by atoms with Gasteiger partial charge in [-0.25, -0.2) is 9.97 Å². The van der Waals surface area contributed by atoms with Crippen molar-refractivity contribution in [3.8, 4) is 0 Å². The number of imidazole rings is 1. The predicted octanol–water partition coefficient (Wildman–Crippen LogP) is 4.78. The van der Waals surface area contributed by atoms with Gasteiger partial charge in [0, 0.05) is 55.1 Å². The van der Waals surface area contributed by atoms with Crippen molar-refractivity contribution in [1.82, 2.24) is 19.4 Å². The number of carbonyl (C=O) groups excluding carboxylic acids is 1. The first-order valence-corrected chi connectivity index (χ1v) is 12.8. The van der Waals surface area contributed by atoms with Crippen LogP contribution in [0.25, 0.3) is 16.6 Å². The van der Waals surface area contributed by atoms with Crippen molar-refractivity contribution in [2.45, 2.75) is 49.0 Å². The number of ether oxygens (including phenoxy) is 1. The van der Waals surface area contributed by atoms with Crippen molar-refractivity contribution < 1.29 is 9.53 Å². The minimum Gasteiger partial charge on any atom is -0.378 e. The van der Waals surface area contributed by atoms with Crippen molar-refractivity contribution in [3.05, 3.63) is 49.1 Å². The number of para-hydroxylation sites is 1. The van der Waals surface area contributed by atoms with Crippen LogP contribution in [0.5, 0.6) is 0 Å². The largest absolute Gasteiger partial charge is 0.378 e. The fourth-order valence-electron chi connectivity index (χ4n) is 5.41. The fraction of sp³-hybridized carbons (Fsp3) is 0.385. The third-order valence-electron chi connectivity index (χ3n) is 7.14. The van der Waals surface area contributed by atoms with E-state index in [1.165, 1.54) is 6.92 Å². The molecule has 9 heteroatoms. The molecule has 0 radical (unpaired) electrons. The third-order valence-corrected chi connectivity index (χ3v) is 8.22. The van der Waals surface area contributed by atoms with E-state index in [2.05, 4.69) is 31.5 Å². The molecule has 1 N–H and O–H groups in total. The summed E-state index contributed by atoms with van der Waals surface area (Å²) in [6, 6.07) is 7.82. The number of benzene rings is 1. The number of pyridine rings is 1. The number of nitrogens with zero attached hydrogens (tertiary/aromatic N) is 5. The Morgan fingerprint density at radius 3 is 2.77 bits per heavy atom. The molecule has 1 atom stereocenters. The Morgan fingerprint density at radius 2 is 2.00 bits per heavy atom. The van der Waals surface area contributed by atoms with E-state index in [0.29, 0.717) is 17.2 Å². The zero-order valence-corrected chi connectivity index (χ0v) is 20.7. The predicted molar refractivity (Wildman–Crippen MR) is 137 cm³/mol. The number of nitrogens with one attached hydrogen (secondary N) is 1. The Bertz CT molecular complexity index is 1410. The van der Waals surface area contributed by atoms with Crippen LogP contribution in [0.3, 0.4) is 0 Å². The van der Waals surface area contributed by atoms with Gasteiger partial charge in [-0.2, -0.15) is 0 Å². The van der Waals surface area contributed by atoms with Crippen molar-refractivity contribution in [1.29, 1.82) is 0 Å². The lowest BCUT2D eigenvalue weighted by molar-refractivity contribution is -0.114. The summed E-state index contributed by atoms with van der Waals surface area (Å²) in [4.78, 5) is 30.1. The smallest absolute Gasteiger partial charge is 0.221 e. The van der Waals surface area contributed by atoms with E-state index >= 15 is 0 Å². The fourth-order valence-corrected chi connectivity index (χ4v) is 6.40. The minimum absolute atomic E-state index is 0.116. The van der Waals surface area contributed by atoms with E-state index in [1.54, 1.807) is 18.0 Å². The number of rotatable bonds is 4. The van der Waals surface area contributed by atoms with Crippen LogP contribution in [0.2, 0.25) is 0 Å². The van der Waals surface area contributed by atoms with E-state index < -0.39 is 0 Å². The average Bonchev–Trinajstić information content (AvgIpc) is 3.48. The molecule has 2 aliphatic heterocycles. The molecular weight excluding hydrogens is 460 g/mol. The highest BCUT2D eigenvalue weighted by Gasteiger charge is 2.41. The number of anilines is 2. The summed E-state index contributed by atoms with van der Waals surface area (Å²) in [7, 11) is 0. The highest BCUT2D eigenvalue weighted by atomic mass is 32.2. The second-order valence-electron chi connectivity index (χ2n) is 9.65. The molecular formula is C26H28N6O2S. The highest BCUT2D eigenvalue weighted by molar-refractivity contribution is 7.99. The first-order valence-electron chi connectivity index (χ1n) is 12.0. The van der Waals surface area contributed by atoms with Crippen LogP contribution < -0.4 is 10.2 Å². The maximum atomic E-state index is 11.6. The summed E-state index contributed by atoms with van der Waals surface area (Å²) in [6.45, 7) is 6.52. The number of piperidine rings is 1. The van der Waals surface area contributed by atoms with Gasteiger partial charge in [-0.1, -0.05) is 23.9 Å². The Balaban J connectivity index is 1.29. The van der Waals surface area contributed by atoms with Gasteiger partial charge in [-0.3, -0.25) is 14.2 Å². The van der Waals surface area contributed by atoms with Crippen molar-refractivity contribution in [2.75, 3.05) is 29.9 Å². The molecule has 6 rings (SSSR count). The summed E-state index contributed by atoms with van der Waals surface area (Å²) >= 11 is 1.62. The molecule has 0 aliphatic carbocycles. The molecule has 1 aromatic carbocycles. The molecule has 1 spiro atoms. The lowest BCUT2D eigenvalue weighted by Gasteiger charge is -2.39. The van der Waals surface area contributed by atoms with Gasteiger partial charge in [0.05, 0.1) is 28.8 Å².